The van der Waals surface area contributed by atoms with Crippen molar-refractivity contribution in [3.8, 4) is 0 Å². The molecular formula is C18H27FN2O2. The Morgan fingerprint density at radius 3 is 2.91 bits per heavy atom. The number of aryl methyl sites for hydroxylation is 1. The molecule has 1 saturated heterocycles. The fourth-order valence-electron chi connectivity index (χ4n) is 2.89. The zero-order valence-corrected chi connectivity index (χ0v) is 14.2. The Hall–Kier alpha value is -1.62. The molecule has 1 aromatic carbocycles. The first-order chi connectivity index (χ1) is 10.9. The average Bonchev–Trinajstić information content (AvgIpc) is 2.49. The number of anilines is 1. The first-order valence-electron chi connectivity index (χ1n) is 8.35. The molecule has 1 heterocycles. The van der Waals surface area contributed by atoms with Crippen LogP contribution in [0.25, 0.3) is 0 Å². The van der Waals surface area contributed by atoms with Crippen LogP contribution in [0.15, 0.2) is 18.2 Å². The van der Waals surface area contributed by atoms with Crippen LogP contribution in [0, 0.1) is 18.7 Å². The van der Waals surface area contributed by atoms with Crippen LogP contribution in [-0.2, 0) is 4.79 Å². The average molecular weight is 322 g/mol. The molecule has 1 fully saturated rings. The maximum atomic E-state index is 14.0. The van der Waals surface area contributed by atoms with Crippen LogP contribution in [-0.4, -0.2) is 36.2 Å². The van der Waals surface area contributed by atoms with E-state index in [2.05, 4.69) is 5.32 Å². The minimum Gasteiger partial charge on any atom is -0.392 e. The molecule has 0 bridgehead atoms. The van der Waals surface area contributed by atoms with E-state index in [1.807, 2.05) is 31.7 Å². The zero-order valence-electron chi connectivity index (χ0n) is 14.2. The lowest BCUT2D eigenvalue weighted by molar-refractivity contribution is -0.124. The lowest BCUT2D eigenvalue weighted by Gasteiger charge is -2.35. The Morgan fingerprint density at radius 1 is 1.48 bits per heavy atom. The number of amides is 1. The van der Waals surface area contributed by atoms with Crippen LogP contribution in [0.1, 0.15) is 38.7 Å². The highest BCUT2D eigenvalue weighted by molar-refractivity contribution is 5.76. The van der Waals surface area contributed by atoms with Crippen LogP contribution in [0.2, 0.25) is 0 Å². The summed E-state index contributed by atoms with van der Waals surface area (Å²) in [5, 5.41) is 12.8. The third-order valence-electron chi connectivity index (χ3n) is 4.39. The highest BCUT2D eigenvalue weighted by Gasteiger charge is 2.24. The maximum absolute atomic E-state index is 14.0. The van der Waals surface area contributed by atoms with Gasteiger partial charge >= 0.3 is 0 Å². The second-order valence-electron chi connectivity index (χ2n) is 6.82. The fourth-order valence-corrected chi connectivity index (χ4v) is 2.89. The number of hydrogen-bond acceptors (Lipinski definition) is 3. The highest BCUT2D eigenvalue weighted by atomic mass is 19.1. The lowest BCUT2D eigenvalue weighted by Crippen LogP contribution is -2.48. The van der Waals surface area contributed by atoms with E-state index in [4.69, 9.17) is 0 Å². The summed E-state index contributed by atoms with van der Waals surface area (Å²) in [6.07, 6.45) is 1.29. The summed E-state index contributed by atoms with van der Waals surface area (Å²) >= 11 is 0. The van der Waals surface area contributed by atoms with E-state index in [0.717, 1.165) is 24.9 Å². The largest absolute Gasteiger partial charge is 0.392 e. The number of piperidine rings is 1. The Morgan fingerprint density at radius 2 is 2.22 bits per heavy atom. The maximum Gasteiger partial charge on any atom is 0.222 e. The molecule has 0 radical (unpaired) electrons. The van der Waals surface area contributed by atoms with E-state index in [1.54, 1.807) is 6.07 Å². The minimum absolute atomic E-state index is 0.00414. The summed E-state index contributed by atoms with van der Waals surface area (Å²) in [4.78, 5) is 14.0. The normalized spacial score (nSPS) is 19.7. The molecule has 2 rings (SSSR count). The van der Waals surface area contributed by atoms with Crippen molar-refractivity contribution in [2.75, 3.05) is 18.0 Å². The molecule has 0 aliphatic carbocycles. The zero-order chi connectivity index (χ0) is 17.0. The third-order valence-corrected chi connectivity index (χ3v) is 4.39. The summed E-state index contributed by atoms with van der Waals surface area (Å²) in [7, 11) is 0. The Labute approximate surface area is 137 Å². The number of carbonyl (C=O) groups excluding carboxylic acids is 1. The van der Waals surface area contributed by atoms with E-state index in [9.17, 15) is 14.3 Å². The fraction of sp³-hybridized carbons (Fsp3) is 0.611. The summed E-state index contributed by atoms with van der Waals surface area (Å²) in [5.41, 5.74) is 1.62. The van der Waals surface area contributed by atoms with Gasteiger partial charge in [0.05, 0.1) is 18.2 Å². The quantitative estimate of drug-likeness (QED) is 0.876. The molecule has 0 spiro atoms. The Bertz CT molecular complexity index is 548. The van der Waals surface area contributed by atoms with Crippen molar-refractivity contribution >= 4 is 11.6 Å². The molecule has 2 atom stereocenters. The van der Waals surface area contributed by atoms with Gasteiger partial charge < -0.3 is 15.3 Å². The van der Waals surface area contributed by atoms with Gasteiger partial charge in [0.1, 0.15) is 5.82 Å². The number of nitrogens with zero attached hydrogens (tertiary/aromatic N) is 1. The summed E-state index contributed by atoms with van der Waals surface area (Å²) < 4.78 is 14.0. The van der Waals surface area contributed by atoms with E-state index < -0.39 is 6.10 Å². The van der Waals surface area contributed by atoms with Gasteiger partial charge in [0, 0.05) is 19.1 Å². The van der Waals surface area contributed by atoms with Gasteiger partial charge in [-0.25, -0.2) is 4.39 Å². The molecule has 1 amide bonds. The predicted octanol–water partition coefficient (Wildman–Crippen LogP) is 2.63. The second kappa shape index (κ2) is 7.77. The number of halogens is 1. The number of rotatable bonds is 5. The van der Waals surface area contributed by atoms with Crippen molar-refractivity contribution in [1.82, 2.24) is 5.32 Å². The molecule has 0 saturated carbocycles. The molecule has 128 valence electrons. The topological polar surface area (TPSA) is 52.6 Å². The van der Waals surface area contributed by atoms with Crippen molar-refractivity contribution < 1.29 is 14.3 Å². The summed E-state index contributed by atoms with van der Waals surface area (Å²) in [6, 6.07) is 5.10. The van der Waals surface area contributed by atoms with Gasteiger partial charge in [0.15, 0.2) is 0 Å². The molecule has 1 aliphatic rings. The molecule has 0 aromatic heterocycles. The van der Waals surface area contributed by atoms with Crippen molar-refractivity contribution in [2.45, 2.75) is 52.2 Å². The van der Waals surface area contributed by atoms with E-state index >= 15 is 0 Å². The minimum atomic E-state index is -0.621. The molecule has 5 heteroatoms. The molecule has 23 heavy (non-hydrogen) atoms. The van der Waals surface area contributed by atoms with Crippen LogP contribution in [0.5, 0.6) is 0 Å². The number of nitrogens with one attached hydrogen (secondary N) is 1. The van der Waals surface area contributed by atoms with Gasteiger partial charge in [-0.1, -0.05) is 19.9 Å². The Kier molecular flexibility index (Phi) is 5.99. The smallest absolute Gasteiger partial charge is 0.222 e. The van der Waals surface area contributed by atoms with Crippen molar-refractivity contribution in [1.29, 1.82) is 0 Å². The van der Waals surface area contributed by atoms with Crippen LogP contribution in [0.3, 0.4) is 0 Å². The van der Waals surface area contributed by atoms with E-state index in [-0.39, 0.29) is 30.1 Å². The number of carbonyl (C=O) groups is 1. The molecular weight excluding hydrogens is 295 g/mol. The molecule has 4 nitrogen and oxygen atoms in total. The SMILES string of the molecule is Cc1ccc(F)c(N2CCCC(NC(=O)CC(O)C(C)C)C2)c1. The Balaban J connectivity index is 1.95. The van der Waals surface area contributed by atoms with Crippen LogP contribution >= 0.6 is 0 Å². The van der Waals surface area contributed by atoms with Crippen molar-refractivity contribution in [3.63, 3.8) is 0 Å². The van der Waals surface area contributed by atoms with Gasteiger partial charge in [0.25, 0.3) is 0 Å². The molecule has 1 aliphatic heterocycles. The standard InChI is InChI=1S/C18H27FN2O2/c1-12(2)17(22)10-18(23)20-14-5-4-8-21(11-14)16-9-13(3)6-7-15(16)19/h6-7,9,12,14,17,22H,4-5,8,10-11H2,1-3H3,(H,20,23). The third kappa shape index (κ3) is 4.93. The second-order valence-corrected chi connectivity index (χ2v) is 6.82. The highest BCUT2D eigenvalue weighted by Crippen LogP contribution is 2.24. The van der Waals surface area contributed by atoms with Gasteiger partial charge in [-0.3, -0.25) is 4.79 Å². The summed E-state index contributed by atoms with van der Waals surface area (Å²) in [5.74, 6) is -0.300. The van der Waals surface area contributed by atoms with E-state index in [1.165, 1.54) is 6.07 Å². The van der Waals surface area contributed by atoms with Crippen LogP contribution in [0.4, 0.5) is 10.1 Å². The van der Waals surface area contributed by atoms with Gasteiger partial charge in [-0.05, 0) is 43.4 Å². The number of aliphatic hydroxyl groups excluding tert-OH is 1. The lowest BCUT2D eigenvalue weighted by atomic mass is 10.0. The van der Waals surface area contributed by atoms with Crippen molar-refractivity contribution in [3.05, 3.63) is 29.6 Å². The molecule has 1 aromatic rings. The summed E-state index contributed by atoms with van der Waals surface area (Å²) in [6.45, 7) is 7.12. The predicted molar refractivity (Wildman–Crippen MR) is 90.0 cm³/mol. The first kappa shape index (κ1) is 17.7. The van der Waals surface area contributed by atoms with E-state index in [0.29, 0.717) is 12.2 Å². The van der Waals surface area contributed by atoms with Crippen molar-refractivity contribution in [2.24, 2.45) is 5.92 Å². The van der Waals surface area contributed by atoms with Gasteiger partial charge in [-0.15, -0.1) is 0 Å². The van der Waals surface area contributed by atoms with Gasteiger partial charge in [-0.2, -0.15) is 0 Å². The molecule has 2 N–H and O–H groups in total. The number of aliphatic hydroxyl groups is 1. The first-order valence-corrected chi connectivity index (χ1v) is 8.35. The number of benzene rings is 1. The number of hydrogen-bond donors (Lipinski definition) is 2. The van der Waals surface area contributed by atoms with Crippen LogP contribution < -0.4 is 10.2 Å². The monoisotopic (exact) mass is 322 g/mol. The molecule has 2 unspecified atom stereocenters. The van der Waals surface area contributed by atoms with Gasteiger partial charge in [0.2, 0.25) is 5.91 Å².